The van der Waals surface area contributed by atoms with Crippen molar-refractivity contribution >= 4 is 0 Å². The molecule has 10 N–H and O–H groups in total. The summed E-state index contributed by atoms with van der Waals surface area (Å²) in [6.07, 6.45) is -3.50. The van der Waals surface area contributed by atoms with Crippen molar-refractivity contribution in [2.75, 3.05) is 0 Å². The molecule has 2 radical (unpaired) electrons. The first-order chi connectivity index (χ1) is 5.20. The van der Waals surface area contributed by atoms with E-state index in [1.165, 1.54) is 20.8 Å². The molecule has 112 valence electrons. The third kappa shape index (κ3) is 3370. The molecule has 0 heterocycles. The van der Waals surface area contributed by atoms with Gasteiger partial charge in [0, 0.05) is 39.0 Å². The second-order valence-electron chi connectivity index (χ2n) is 1.90. The molecule has 0 spiro atoms. The van der Waals surface area contributed by atoms with E-state index in [1.54, 1.807) is 0 Å². The van der Waals surface area contributed by atoms with Crippen LogP contribution in [0.3, 0.4) is 0 Å². The van der Waals surface area contributed by atoms with Crippen LogP contribution in [0.1, 0.15) is 20.8 Å². The minimum atomic E-state index is -1.17. The van der Waals surface area contributed by atoms with Gasteiger partial charge >= 0.3 is 0 Å². The predicted octanol–water partition coefficient (Wildman–Crippen LogP) is -3.70. The van der Waals surface area contributed by atoms with Crippen LogP contribution < -0.4 is 0 Å². The molecule has 0 rings (SSSR count). The van der Waals surface area contributed by atoms with Gasteiger partial charge in [0.2, 0.25) is 0 Å². The number of aliphatic hydroxyl groups excluding tert-OH is 3. The molecule has 0 saturated heterocycles. The van der Waals surface area contributed by atoms with Crippen LogP contribution in [-0.2, 0) is 39.0 Å². The molecule has 0 saturated carbocycles. The maximum Gasteiger partial charge on any atom is 0.148 e. The monoisotopic (exact) mass is 428 g/mol. The van der Waals surface area contributed by atoms with Gasteiger partial charge in [0.1, 0.15) is 18.9 Å². The van der Waals surface area contributed by atoms with E-state index < -0.39 is 18.9 Å². The van der Waals surface area contributed by atoms with Crippen LogP contribution in [-0.4, -0.2) is 60.5 Å². The fourth-order valence-electron chi connectivity index (χ4n) is 0. The SMILES string of the molecule is CC(O)O.CC(O)O.CC(O)O.O.O.[Rh].[Rh]. The van der Waals surface area contributed by atoms with E-state index in [-0.39, 0.29) is 49.9 Å². The molecule has 0 amide bonds. The van der Waals surface area contributed by atoms with Crippen molar-refractivity contribution < 1.29 is 80.5 Å². The van der Waals surface area contributed by atoms with Crippen molar-refractivity contribution in [3.63, 3.8) is 0 Å². The van der Waals surface area contributed by atoms with Gasteiger partial charge in [-0.15, -0.1) is 0 Å². The van der Waals surface area contributed by atoms with E-state index in [0.717, 1.165) is 0 Å². The molecule has 0 aromatic carbocycles. The molecule has 0 bridgehead atoms. The smallest absolute Gasteiger partial charge is 0.148 e. The molecule has 0 aliphatic rings. The van der Waals surface area contributed by atoms with E-state index in [9.17, 15) is 0 Å². The standard InChI is InChI=1S/3C2H6O2.2H2O.2Rh/c3*1-2(3)4;;;;/h3*2-4H,1H3;2*1H2;;. The molecule has 0 aromatic rings. The molecule has 0 aliphatic carbocycles. The predicted molar refractivity (Wildman–Crippen MR) is 48.9 cm³/mol. The van der Waals surface area contributed by atoms with Crippen LogP contribution in [0.25, 0.3) is 0 Å². The summed E-state index contributed by atoms with van der Waals surface area (Å²) in [5.41, 5.74) is 0. The van der Waals surface area contributed by atoms with Crippen molar-refractivity contribution in [1.29, 1.82) is 0 Å². The Morgan fingerprint density at radius 2 is 0.500 bits per heavy atom. The molecule has 0 aromatic heterocycles. The Bertz CT molecular complexity index is 51.0. The first-order valence-corrected chi connectivity index (χ1v) is 3.28. The van der Waals surface area contributed by atoms with E-state index in [2.05, 4.69) is 0 Å². The average molecular weight is 428 g/mol. The van der Waals surface area contributed by atoms with Crippen LogP contribution in [0.5, 0.6) is 0 Å². The molecule has 0 unspecified atom stereocenters. The van der Waals surface area contributed by atoms with Crippen LogP contribution in [0.15, 0.2) is 0 Å². The maximum atomic E-state index is 7.61. The van der Waals surface area contributed by atoms with Gasteiger partial charge in [0.05, 0.1) is 0 Å². The zero-order chi connectivity index (χ0) is 10.7. The normalized spacial score (nSPS) is 6.75. The van der Waals surface area contributed by atoms with Gasteiger partial charge in [0.25, 0.3) is 0 Å². The average Bonchev–Trinajstić information content (AvgIpc) is 1.54. The number of hydrogen-bond acceptors (Lipinski definition) is 6. The van der Waals surface area contributed by atoms with E-state index >= 15 is 0 Å². The summed E-state index contributed by atoms with van der Waals surface area (Å²) >= 11 is 0. The van der Waals surface area contributed by atoms with Crippen LogP contribution >= 0.6 is 0 Å². The van der Waals surface area contributed by atoms with E-state index in [0.29, 0.717) is 0 Å². The third-order valence-corrected chi connectivity index (χ3v) is 0. The Morgan fingerprint density at radius 3 is 0.500 bits per heavy atom. The van der Waals surface area contributed by atoms with Crippen molar-refractivity contribution in [3.05, 3.63) is 0 Å². The minimum Gasteiger partial charge on any atom is -0.412 e. The van der Waals surface area contributed by atoms with Crippen LogP contribution in [0.2, 0.25) is 0 Å². The largest absolute Gasteiger partial charge is 0.412 e. The summed E-state index contributed by atoms with van der Waals surface area (Å²) in [6.45, 7) is 3.83. The summed E-state index contributed by atoms with van der Waals surface area (Å²) in [7, 11) is 0. The fraction of sp³-hybridized carbons (Fsp3) is 1.00. The van der Waals surface area contributed by atoms with Crippen molar-refractivity contribution in [2.24, 2.45) is 0 Å². The van der Waals surface area contributed by atoms with Gasteiger partial charge in [-0.25, -0.2) is 0 Å². The first-order valence-electron chi connectivity index (χ1n) is 3.28. The van der Waals surface area contributed by atoms with E-state index in [1.807, 2.05) is 0 Å². The number of rotatable bonds is 0. The minimum absolute atomic E-state index is 0. The van der Waals surface area contributed by atoms with Gasteiger partial charge in [-0.05, 0) is 20.8 Å². The maximum absolute atomic E-state index is 7.61. The van der Waals surface area contributed by atoms with Gasteiger partial charge in [0.15, 0.2) is 0 Å². The molecule has 0 fully saturated rings. The Hall–Kier alpha value is 0.927. The Balaban J connectivity index is -0.0000000135. The Morgan fingerprint density at radius 1 is 0.500 bits per heavy atom. The zero-order valence-electron chi connectivity index (χ0n) is 9.08. The van der Waals surface area contributed by atoms with Gasteiger partial charge in [-0.1, -0.05) is 0 Å². The van der Waals surface area contributed by atoms with Gasteiger partial charge in [-0.3, -0.25) is 0 Å². The molecule has 10 heteroatoms. The number of aliphatic hydroxyl groups is 6. The molecule has 8 nitrogen and oxygen atoms in total. The van der Waals surface area contributed by atoms with Crippen LogP contribution in [0.4, 0.5) is 0 Å². The molecular formula is C6H22O8Rh2. The molecule has 0 aliphatic heterocycles. The molecular weight excluding hydrogens is 406 g/mol. The summed E-state index contributed by atoms with van der Waals surface area (Å²) < 4.78 is 0. The third-order valence-electron chi connectivity index (χ3n) is 0. The van der Waals surface area contributed by atoms with Crippen molar-refractivity contribution in [2.45, 2.75) is 39.6 Å². The zero-order valence-corrected chi connectivity index (χ0v) is 12.4. The number of hydrogen-bond donors (Lipinski definition) is 6. The Labute approximate surface area is 120 Å². The van der Waals surface area contributed by atoms with Gasteiger partial charge < -0.3 is 41.6 Å². The van der Waals surface area contributed by atoms with Gasteiger partial charge in [-0.2, -0.15) is 0 Å². The summed E-state index contributed by atoms with van der Waals surface area (Å²) in [5.74, 6) is 0. The summed E-state index contributed by atoms with van der Waals surface area (Å²) in [5, 5.41) is 45.7. The van der Waals surface area contributed by atoms with Crippen molar-refractivity contribution in [1.82, 2.24) is 0 Å². The molecule has 0 atom stereocenters. The second-order valence-corrected chi connectivity index (χ2v) is 1.90. The molecule has 16 heavy (non-hydrogen) atoms. The van der Waals surface area contributed by atoms with Crippen molar-refractivity contribution in [3.8, 4) is 0 Å². The second kappa shape index (κ2) is 36.0. The van der Waals surface area contributed by atoms with E-state index in [4.69, 9.17) is 30.6 Å². The topological polar surface area (TPSA) is 184 Å². The summed E-state index contributed by atoms with van der Waals surface area (Å²) in [4.78, 5) is 0. The summed E-state index contributed by atoms with van der Waals surface area (Å²) in [6, 6.07) is 0. The first kappa shape index (κ1) is 43.6. The Kier molecular flexibility index (Phi) is 98.1. The van der Waals surface area contributed by atoms with Crippen LogP contribution in [0, 0.1) is 0 Å². The fourth-order valence-corrected chi connectivity index (χ4v) is 0. The quantitative estimate of drug-likeness (QED) is 0.170.